The molecule has 3 rings (SSSR count). The first-order valence-electron chi connectivity index (χ1n) is 10.8. The zero-order valence-corrected chi connectivity index (χ0v) is 19.6. The van der Waals surface area contributed by atoms with E-state index in [1.165, 1.54) is 23.2 Å². The number of amides is 2. The molecule has 32 heavy (non-hydrogen) atoms. The second-order valence-corrected chi connectivity index (χ2v) is 8.39. The van der Waals surface area contributed by atoms with E-state index in [9.17, 15) is 9.59 Å². The largest absolute Gasteiger partial charge is 0.469 e. The van der Waals surface area contributed by atoms with Crippen molar-refractivity contribution in [2.75, 3.05) is 25.0 Å². The van der Waals surface area contributed by atoms with Crippen LogP contribution < -0.4 is 10.6 Å². The molecule has 0 bridgehead atoms. The minimum absolute atomic E-state index is 0.0796. The summed E-state index contributed by atoms with van der Waals surface area (Å²) in [6.07, 6.45) is 2.53. The number of aromatic nitrogens is 1. The Labute approximate surface area is 192 Å². The smallest absolute Gasteiger partial charge is 0.260 e. The summed E-state index contributed by atoms with van der Waals surface area (Å²) < 4.78 is 5.16. The number of likely N-dealkylation sites (N-methyl/N-ethyl adjacent to an activating group) is 1. The normalized spacial score (nSPS) is 12.0. The minimum Gasteiger partial charge on any atom is -0.469 e. The van der Waals surface area contributed by atoms with Gasteiger partial charge in [0.05, 0.1) is 23.9 Å². The Morgan fingerprint density at radius 3 is 2.56 bits per heavy atom. The number of furan rings is 1. The fourth-order valence-electron chi connectivity index (χ4n) is 3.65. The second-order valence-electron chi connectivity index (χ2n) is 7.53. The van der Waals surface area contributed by atoms with Gasteiger partial charge in [-0.2, -0.15) is 0 Å². The minimum atomic E-state index is -0.274. The van der Waals surface area contributed by atoms with Gasteiger partial charge >= 0.3 is 0 Å². The van der Waals surface area contributed by atoms with Crippen molar-refractivity contribution in [2.45, 2.75) is 39.7 Å². The SMILES string of the molecule is CCN(CC)C(CNC(=O)Cc1csc(NC(=O)c2ccoc2C)n1)Cc1ccccc1. The Kier molecular flexibility index (Phi) is 8.58. The maximum Gasteiger partial charge on any atom is 0.260 e. The molecule has 1 atom stereocenters. The number of hydrogen-bond acceptors (Lipinski definition) is 6. The maximum absolute atomic E-state index is 12.6. The molecule has 0 aliphatic heterocycles. The predicted octanol–water partition coefficient (Wildman–Crippen LogP) is 3.91. The molecule has 0 aliphatic rings. The van der Waals surface area contributed by atoms with Gasteiger partial charge in [-0.15, -0.1) is 11.3 Å². The fourth-order valence-corrected chi connectivity index (χ4v) is 4.35. The van der Waals surface area contributed by atoms with E-state index < -0.39 is 0 Å². The highest BCUT2D eigenvalue weighted by Gasteiger charge is 2.18. The van der Waals surface area contributed by atoms with Crippen molar-refractivity contribution in [3.05, 3.63) is 70.6 Å². The standard InChI is InChI=1S/C24H30N4O3S/c1-4-28(5-2)20(13-18-9-7-6-8-10-18)15-25-22(29)14-19-16-32-24(26-19)27-23(30)21-11-12-31-17(21)3/h6-12,16,20H,4-5,13-15H2,1-3H3,(H,25,29)(H,26,27,30). The van der Waals surface area contributed by atoms with Gasteiger partial charge in [0.2, 0.25) is 5.91 Å². The average molecular weight is 455 g/mol. The molecule has 0 saturated heterocycles. The van der Waals surface area contributed by atoms with Crippen molar-refractivity contribution in [1.82, 2.24) is 15.2 Å². The zero-order valence-electron chi connectivity index (χ0n) is 18.8. The van der Waals surface area contributed by atoms with Gasteiger partial charge in [0.15, 0.2) is 5.13 Å². The Morgan fingerprint density at radius 1 is 1.16 bits per heavy atom. The molecular formula is C24H30N4O3S. The Bertz CT molecular complexity index is 1010. The van der Waals surface area contributed by atoms with Gasteiger partial charge in [0, 0.05) is 18.0 Å². The molecule has 7 nitrogen and oxygen atoms in total. The van der Waals surface area contributed by atoms with Crippen molar-refractivity contribution in [2.24, 2.45) is 0 Å². The monoisotopic (exact) mass is 454 g/mol. The lowest BCUT2D eigenvalue weighted by molar-refractivity contribution is -0.120. The van der Waals surface area contributed by atoms with Crippen molar-refractivity contribution in [1.29, 1.82) is 0 Å². The van der Waals surface area contributed by atoms with Crippen LogP contribution in [-0.4, -0.2) is 47.4 Å². The summed E-state index contributed by atoms with van der Waals surface area (Å²) in [5.41, 5.74) is 2.36. The van der Waals surface area contributed by atoms with E-state index in [1.807, 2.05) is 18.2 Å². The molecule has 0 spiro atoms. The number of carbonyl (C=O) groups is 2. The highest BCUT2D eigenvalue weighted by atomic mass is 32.1. The van der Waals surface area contributed by atoms with Crippen molar-refractivity contribution < 1.29 is 14.0 Å². The second kappa shape index (κ2) is 11.6. The lowest BCUT2D eigenvalue weighted by Crippen LogP contribution is -2.45. The predicted molar refractivity (Wildman–Crippen MR) is 127 cm³/mol. The van der Waals surface area contributed by atoms with E-state index >= 15 is 0 Å². The van der Waals surface area contributed by atoms with Crippen LogP contribution in [-0.2, 0) is 17.6 Å². The average Bonchev–Trinajstić information content (AvgIpc) is 3.42. The van der Waals surface area contributed by atoms with Gasteiger partial charge in [-0.25, -0.2) is 4.98 Å². The highest BCUT2D eigenvalue weighted by molar-refractivity contribution is 7.14. The number of nitrogens with one attached hydrogen (secondary N) is 2. The fraction of sp³-hybridized carbons (Fsp3) is 0.375. The van der Waals surface area contributed by atoms with Crippen molar-refractivity contribution in [3.63, 3.8) is 0 Å². The van der Waals surface area contributed by atoms with Gasteiger partial charge in [-0.05, 0) is 38.1 Å². The Balaban J connectivity index is 1.53. The molecule has 2 amide bonds. The number of aryl methyl sites for hydroxylation is 1. The van der Waals surface area contributed by atoms with Crippen LogP contribution in [0.3, 0.4) is 0 Å². The van der Waals surface area contributed by atoms with Gasteiger partial charge in [-0.3, -0.25) is 19.8 Å². The van der Waals surface area contributed by atoms with Crippen molar-refractivity contribution >= 4 is 28.3 Å². The molecule has 2 aromatic heterocycles. The molecule has 1 unspecified atom stereocenters. The van der Waals surface area contributed by atoms with E-state index in [1.54, 1.807) is 18.4 Å². The quantitative estimate of drug-likeness (QED) is 0.459. The van der Waals surface area contributed by atoms with E-state index in [2.05, 4.69) is 46.5 Å². The summed E-state index contributed by atoms with van der Waals surface area (Å²) in [5, 5.41) is 8.08. The van der Waals surface area contributed by atoms with Crippen LogP contribution in [0, 0.1) is 6.92 Å². The number of thiazole rings is 1. The van der Waals surface area contributed by atoms with Crippen LogP contribution in [0.5, 0.6) is 0 Å². The van der Waals surface area contributed by atoms with E-state index in [0.717, 1.165) is 19.5 Å². The number of nitrogens with zero attached hydrogens (tertiary/aromatic N) is 2. The maximum atomic E-state index is 12.6. The van der Waals surface area contributed by atoms with Gasteiger partial charge in [0.1, 0.15) is 5.76 Å². The first-order valence-corrected chi connectivity index (χ1v) is 11.7. The molecule has 3 aromatic rings. The van der Waals surface area contributed by atoms with Crippen LogP contribution in [0.1, 0.15) is 41.2 Å². The third-order valence-corrected chi connectivity index (χ3v) is 6.20. The summed E-state index contributed by atoms with van der Waals surface area (Å²) in [5.74, 6) is 0.200. The number of hydrogen-bond donors (Lipinski definition) is 2. The topological polar surface area (TPSA) is 87.5 Å². The number of carbonyl (C=O) groups excluding carboxylic acids is 2. The van der Waals surface area contributed by atoms with E-state index in [-0.39, 0.29) is 24.3 Å². The van der Waals surface area contributed by atoms with Crippen LogP contribution in [0.25, 0.3) is 0 Å². The molecule has 0 aliphatic carbocycles. The summed E-state index contributed by atoms with van der Waals surface area (Å²) in [4.78, 5) is 31.6. The van der Waals surface area contributed by atoms with E-state index in [4.69, 9.17) is 4.42 Å². The first-order chi connectivity index (χ1) is 15.5. The van der Waals surface area contributed by atoms with Crippen LogP contribution in [0.15, 0.2) is 52.5 Å². The molecule has 0 radical (unpaired) electrons. The first kappa shape index (κ1) is 23.7. The molecule has 170 valence electrons. The van der Waals surface area contributed by atoms with Gasteiger partial charge in [-0.1, -0.05) is 44.2 Å². The van der Waals surface area contributed by atoms with Crippen LogP contribution >= 0.6 is 11.3 Å². The molecule has 2 heterocycles. The zero-order chi connectivity index (χ0) is 22.9. The lowest BCUT2D eigenvalue weighted by Gasteiger charge is -2.30. The highest BCUT2D eigenvalue weighted by Crippen LogP contribution is 2.18. The van der Waals surface area contributed by atoms with E-state index in [0.29, 0.717) is 28.7 Å². The summed E-state index contributed by atoms with van der Waals surface area (Å²) in [7, 11) is 0. The van der Waals surface area contributed by atoms with Gasteiger partial charge in [0.25, 0.3) is 5.91 Å². The van der Waals surface area contributed by atoms with Crippen LogP contribution in [0.2, 0.25) is 0 Å². The third-order valence-electron chi connectivity index (χ3n) is 5.40. The summed E-state index contributed by atoms with van der Waals surface area (Å²) in [6.45, 7) is 8.43. The Hall–Kier alpha value is -2.97. The van der Waals surface area contributed by atoms with Crippen LogP contribution in [0.4, 0.5) is 5.13 Å². The van der Waals surface area contributed by atoms with Crippen molar-refractivity contribution in [3.8, 4) is 0 Å². The number of anilines is 1. The molecule has 0 saturated carbocycles. The van der Waals surface area contributed by atoms with Gasteiger partial charge < -0.3 is 9.73 Å². The number of benzene rings is 1. The molecular weight excluding hydrogens is 424 g/mol. The third kappa shape index (κ3) is 6.51. The molecule has 1 aromatic carbocycles. The lowest BCUT2D eigenvalue weighted by atomic mass is 10.0. The summed E-state index contributed by atoms with van der Waals surface area (Å²) >= 11 is 1.30. The Morgan fingerprint density at radius 2 is 1.91 bits per heavy atom. The molecule has 8 heteroatoms. The number of rotatable bonds is 11. The summed E-state index contributed by atoms with van der Waals surface area (Å²) in [6, 6.07) is 12.2. The molecule has 0 fully saturated rings. The molecule has 2 N–H and O–H groups in total.